The Bertz CT molecular complexity index is 614. The fourth-order valence-electron chi connectivity index (χ4n) is 1.74. The molecule has 0 unspecified atom stereocenters. The molecule has 0 fully saturated rings. The van der Waals surface area contributed by atoms with Crippen LogP contribution in [0, 0.1) is 12.7 Å². The van der Waals surface area contributed by atoms with Gasteiger partial charge in [0.2, 0.25) is 5.88 Å². The average Bonchev–Trinajstić information content (AvgIpc) is 2.40. The van der Waals surface area contributed by atoms with Crippen LogP contribution in [-0.4, -0.2) is 17.0 Å². The van der Waals surface area contributed by atoms with E-state index in [1.165, 1.54) is 12.1 Å². The lowest BCUT2D eigenvalue weighted by Crippen LogP contribution is -2.04. The van der Waals surface area contributed by atoms with E-state index in [1.54, 1.807) is 13.1 Å². The van der Waals surface area contributed by atoms with Crippen LogP contribution in [-0.2, 0) is 6.42 Å². The van der Waals surface area contributed by atoms with Crippen LogP contribution in [0.3, 0.4) is 0 Å². The van der Waals surface area contributed by atoms with E-state index in [2.05, 4.69) is 31.2 Å². The van der Waals surface area contributed by atoms with Crippen LogP contribution < -0.4 is 10.1 Å². The summed E-state index contributed by atoms with van der Waals surface area (Å²) in [6.07, 6.45) is 0.693. The predicted octanol–water partition coefficient (Wildman–Crippen LogP) is 4.08. The lowest BCUT2D eigenvalue weighted by Gasteiger charge is -2.12. The largest absolute Gasteiger partial charge is 0.438 e. The van der Waals surface area contributed by atoms with Gasteiger partial charge in [-0.15, -0.1) is 0 Å². The summed E-state index contributed by atoms with van der Waals surface area (Å²) in [6, 6.07) is 4.38. The van der Waals surface area contributed by atoms with Crippen molar-refractivity contribution in [2.75, 3.05) is 12.4 Å². The van der Waals surface area contributed by atoms with Gasteiger partial charge in [0.05, 0.1) is 5.56 Å². The van der Waals surface area contributed by atoms with Gasteiger partial charge in [0.25, 0.3) is 0 Å². The van der Waals surface area contributed by atoms with Crippen molar-refractivity contribution in [3.05, 3.63) is 39.9 Å². The lowest BCUT2D eigenvalue weighted by atomic mass is 10.3. The maximum Gasteiger partial charge on any atom is 0.227 e. The van der Waals surface area contributed by atoms with E-state index in [-0.39, 0.29) is 5.82 Å². The van der Waals surface area contributed by atoms with Crippen molar-refractivity contribution in [2.24, 2.45) is 0 Å². The summed E-state index contributed by atoms with van der Waals surface area (Å²) in [6.45, 7) is 3.82. The SMILES string of the molecule is CCc1nc(NC)c(C)c(Oc2cc(F)cc(Br)c2)n1. The number of aromatic nitrogens is 2. The van der Waals surface area contributed by atoms with Gasteiger partial charge >= 0.3 is 0 Å². The number of ether oxygens (including phenoxy) is 1. The number of halogens is 2. The van der Waals surface area contributed by atoms with E-state index in [4.69, 9.17) is 4.74 Å². The normalized spacial score (nSPS) is 10.4. The molecule has 0 aliphatic rings. The molecule has 0 bridgehead atoms. The molecule has 1 heterocycles. The molecule has 1 aromatic heterocycles. The van der Waals surface area contributed by atoms with Crippen molar-refractivity contribution in [3.8, 4) is 11.6 Å². The smallest absolute Gasteiger partial charge is 0.227 e. The van der Waals surface area contributed by atoms with Crippen LogP contribution in [0.15, 0.2) is 22.7 Å². The van der Waals surface area contributed by atoms with E-state index in [0.717, 1.165) is 5.56 Å². The number of aryl methyl sites for hydroxylation is 1. The molecular formula is C14H15BrFN3O. The molecule has 0 aliphatic heterocycles. The van der Waals surface area contributed by atoms with Gasteiger partial charge in [-0.1, -0.05) is 22.9 Å². The minimum Gasteiger partial charge on any atom is -0.438 e. The van der Waals surface area contributed by atoms with Crippen LogP contribution >= 0.6 is 15.9 Å². The van der Waals surface area contributed by atoms with E-state index >= 15 is 0 Å². The third-order valence-corrected chi connectivity index (χ3v) is 3.21. The highest BCUT2D eigenvalue weighted by atomic mass is 79.9. The highest BCUT2D eigenvalue weighted by Gasteiger charge is 2.12. The number of rotatable bonds is 4. The van der Waals surface area contributed by atoms with Crippen LogP contribution in [0.5, 0.6) is 11.6 Å². The highest BCUT2D eigenvalue weighted by Crippen LogP contribution is 2.29. The van der Waals surface area contributed by atoms with Crippen molar-refractivity contribution in [1.82, 2.24) is 9.97 Å². The van der Waals surface area contributed by atoms with Crippen molar-refractivity contribution in [1.29, 1.82) is 0 Å². The number of hydrogen-bond acceptors (Lipinski definition) is 4. The molecule has 1 aromatic carbocycles. The van der Waals surface area contributed by atoms with Crippen molar-refractivity contribution in [2.45, 2.75) is 20.3 Å². The molecule has 0 atom stereocenters. The number of hydrogen-bond donors (Lipinski definition) is 1. The van der Waals surface area contributed by atoms with Gasteiger partial charge in [-0.3, -0.25) is 0 Å². The third kappa shape index (κ3) is 3.25. The monoisotopic (exact) mass is 339 g/mol. The van der Waals surface area contributed by atoms with Gasteiger partial charge < -0.3 is 10.1 Å². The zero-order chi connectivity index (χ0) is 14.7. The first-order valence-electron chi connectivity index (χ1n) is 6.22. The first kappa shape index (κ1) is 14.7. The summed E-state index contributed by atoms with van der Waals surface area (Å²) < 4.78 is 19.7. The molecule has 0 radical (unpaired) electrons. The topological polar surface area (TPSA) is 47.0 Å². The Morgan fingerprint density at radius 1 is 1.30 bits per heavy atom. The van der Waals surface area contributed by atoms with Gasteiger partial charge in [-0.05, 0) is 19.1 Å². The average molecular weight is 340 g/mol. The van der Waals surface area contributed by atoms with E-state index < -0.39 is 0 Å². The second-order valence-corrected chi connectivity index (χ2v) is 5.15. The molecule has 20 heavy (non-hydrogen) atoms. The first-order chi connectivity index (χ1) is 9.53. The van der Waals surface area contributed by atoms with Crippen molar-refractivity contribution in [3.63, 3.8) is 0 Å². The molecule has 0 aliphatic carbocycles. The zero-order valence-electron chi connectivity index (χ0n) is 11.5. The summed E-state index contributed by atoms with van der Waals surface area (Å²) in [7, 11) is 1.79. The summed E-state index contributed by atoms with van der Waals surface area (Å²) in [5.74, 6) is 1.83. The van der Waals surface area contributed by atoms with Crippen LogP contribution in [0.25, 0.3) is 0 Å². The summed E-state index contributed by atoms with van der Waals surface area (Å²) in [5.41, 5.74) is 0.782. The molecule has 0 saturated carbocycles. The van der Waals surface area contributed by atoms with Crippen molar-refractivity contribution < 1.29 is 9.13 Å². The van der Waals surface area contributed by atoms with Crippen LogP contribution in [0.4, 0.5) is 10.2 Å². The molecule has 1 N–H and O–H groups in total. The Balaban J connectivity index is 2.41. The Labute approximate surface area is 125 Å². The van der Waals surface area contributed by atoms with E-state index in [9.17, 15) is 4.39 Å². The van der Waals surface area contributed by atoms with Crippen LogP contribution in [0.1, 0.15) is 18.3 Å². The minimum atomic E-state index is -0.370. The molecule has 0 amide bonds. The van der Waals surface area contributed by atoms with Gasteiger partial charge in [-0.2, -0.15) is 4.98 Å². The molecule has 2 rings (SSSR count). The summed E-state index contributed by atoms with van der Waals surface area (Å²) in [5, 5.41) is 3.00. The van der Waals surface area contributed by atoms with Gasteiger partial charge in [0.15, 0.2) is 0 Å². The number of nitrogens with one attached hydrogen (secondary N) is 1. The lowest BCUT2D eigenvalue weighted by molar-refractivity contribution is 0.450. The second-order valence-electron chi connectivity index (χ2n) is 4.23. The molecular weight excluding hydrogens is 325 g/mol. The molecule has 0 spiro atoms. The first-order valence-corrected chi connectivity index (χ1v) is 7.02. The minimum absolute atomic E-state index is 0.370. The standard InChI is InChI=1S/C14H15BrFN3O/c1-4-12-18-13(17-3)8(2)14(19-12)20-11-6-9(15)5-10(16)7-11/h5-7H,4H2,1-3H3,(H,17,18,19). The summed E-state index contributed by atoms with van der Waals surface area (Å²) >= 11 is 3.24. The Hall–Kier alpha value is -1.69. The second kappa shape index (κ2) is 6.17. The number of nitrogens with zero attached hydrogens (tertiary/aromatic N) is 2. The third-order valence-electron chi connectivity index (χ3n) is 2.75. The van der Waals surface area contributed by atoms with Crippen LogP contribution in [0.2, 0.25) is 0 Å². The fraction of sp³-hybridized carbons (Fsp3) is 0.286. The van der Waals surface area contributed by atoms with Gasteiger partial charge in [0.1, 0.15) is 23.2 Å². The predicted molar refractivity (Wildman–Crippen MR) is 79.9 cm³/mol. The molecule has 106 valence electrons. The van der Waals surface area contributed by atoms with E-state index in [1.807, 2.05) is 13.8 Å². The number of benzene rings is 1. The molecule has 4 nitrogen and oxygen atoms in total. The fourth-order valence-corrected chi connectivity index (χ4v) is 2.18. The quantitative estimate of drug-likeness (QED) is 0.911. The van der Waals surface area contributed by atoms with E-state index in [0.29, 0.717) is 34.2 Å². The zero-order valence-corrected chi connectivity index (χ0v) is 13.1. The van der Waals surface area contributed by atoms with Gasteiger partial charge in [0, 0.05) is 24.0 Å². The highest BCUT2D eigenvalue weighted by molar-refractivity contribution is 9.10. The van der Waals surface area contributed by atoms with Crippen molar-refractivity contribution >= 4 is 21.7 Å². The van der Waals surface area contributed by atoms with Gasteiger partial charge in [-0.25, -0.2) is 9.37 Å². The molecule has 0 saturated heterocycles. The summed E-state index contributed by atoms with van der Waals surface area (Å²) in [4.78, 5) is 8.70. The molecule has 2 aromatic rings. The number of anilines is 1. The maximum atomic E-state index is 13.4. The Morgan fingerprint density at radius 3 is 2.65 bits per heavy atom. The Morgan fingerprint density at radius 2 is 2.05 bits per heavy atom. The maximum absolute atomic E-state index is 13.4. The molecule has 6 heteroatoms. The Kier molecular flexibility index (Phi) is 4.54.